The number of carbonyl (C=O) groups excluding carboxylic acids is 2. The third kappa shape index (κ3) is 8.86. The van der Waals surface area contributed by atoms with E-state index in [1.807, 2.05) is 24.3 Å². The Balaban J connectivity index is 1.52. The predicted molar refractivity (Wildman–Crippen MR) is 156 cm³/mol. The Labute approximate surface area is 236 Å². The molecular weight excluding hydrogens is 508 g/mol. The molecule has 8 heteroatoms. The van der Waals surface area contributed by atoms with Crippen molar-refractivity contribution in [2.75, 3.05) is 20.8 Å². The fraction of sp³-hybridized carbons (Fsp3) is 0.344. The first-order valence-corrected chi connectivity index (χ1v) is 13.0. The molecule has 1 amide bonds. The Hall–Kier alpha value is -4.33. The van der Waals surface area contributed by atoms with Crippen LogP contribution in [0.2, 0.25) is 0 Å². The molecule has 0 unspecified atom stereocenters. The smallest absolute Gasteiger partial charge is 0.343 e. The maximum atomic E-state index is 12.5. The number of rotatable bonds is 11. The average molecular weight is 547 g/mol. The molecule has 0 aromatic heterocycles. The summed E-state index contributed by atoms with van der Waals surface area (Å²) >= 11 is 0. The van der Waals surface area contributed by atoms with Gasteiger partial charge in [-0.05, 0) is 76.9 Å². The van der Waals surface area contributed by atoms with Crippen LogP contribution in [0.5, 0.6) is 23.0 Å². The molecule has 0 radical (unpaired) electrons. The van der Waals surface area contributed by atoms with E-state index in [0.717, 1.165) is 6.42 Å². The zero-order valence-corrected chi connectivity index (χ0v) is 24.2. The van der Waals surface area contributed by atoms with Gasteiger partial charge in [0.05, 0.1) is 26.0 Å². The van der Waals surface area contributed by atoms with Crippen LogP contribution in [0.1, 0.15) is 62.5 Å². The lowest BCUT2D eigenvalue weighted by molar-refractivity contribution is -0.123. The van der Waals surface area contributed by atoms with Crippen molar-refractivity contribution < 1.29 is 28.5 Å². The number of hydrogen-bond acceptors (Lipinski definition) is 7. The van der Waals surface area contributed by atoms with Gasteiger partial charge in [-0.3, -0.25) is 4.79 Å². The molecule has 0 bridgehead atoms. The van der Waals surface area contributed by atoms with Crippen molar-refractivity contribution in [1.29, 1.82) is 0 Å². The van der Waals surface area contributed by atoms with Crippen molar-refractivity contribution in [3.05, 3.63) is 83.4 Å². The standard InChI is InChI=1S/C32H38N2O6/c1-31(2,3)21-32(4,5)24-12-14-25(15-13-24)39-20-29(35)34-33-19-22-11-16-27(28(17-22)38-7)40-30(36)23-9-8-10-26(18-23)37-6/h8-19H,20-21H2,1-7H3,(H,34,35). The molecular formula is C32H38N2O6. The maximum absolute atomic E-state index is 12.5. The summed E-state index contributed by atoms with van der Waals surface area (Å²) in [5.74, 6) is 0.798. The monoisotopic (exact) mass is 546 g/mol. The third-order valence-electron chi connectivity index (χ3n) is 6.08. The van der Waals surface area contributed by atoms with Crippen molar-refractivity contribution in [1.82, 2.24) is 5.43 Å². The zero-order chi connectivity index (χ0) is 29.3. The van der Waals surface area contributed by atoms with E-state index < -0.39 is 11.9 Å². The molecule has 0 saturated carbocycles. The minimum Gasteiger partial charge on any atom is -0.497 e. The highest BCUT2D eigenvalue weighted by Gasteiger charge is 2.27. The van der Waals surface area contributed by atoms with Crippen molar-refractivity contribution in [3.63, 3.8) is 0 Å². The number of ether oxygens (including phenoxy) is 4. The molecule has 0 heterocycles. The number of nitrogens with one attached hydrogen (secondary N) is 1. The van der Waals surface area contributed by atoms with Crippen LogP contribution in [0, 0.1) is 5.41 Å². The molecule has 0 fully saturated rings. The summed E-state index contributed by atoms with van der Waals surface area (Å²) < 4.78 is 21.6. The Morgan fingerprint density at radius 3 is 2.23 bits per heavy atom. The van der Waals surface area contributed by atoms with Crippen LogP contribution in [0.15, 0.2) is 71.8 Å². The van der Waals surface area contributed by atoms with Gasteiger partial charge in [0.2, 0.25) is 0 Å². The van der Waals surface area contributed by atoms with Crippen LogP contribution in [-0.2, 0) is 10.2 Å². The van der Waals surface area contributed by atoms with E-state index in [-0.39, 0.29) is 23.2 Å². The highest BCUT2D eigenvalue weighted by Crippen LogP contribution is 2.36. The lowest BCUT2D eigenvalue weighted by Gasteiger charge is -2.33. The molecule has 1 N–H and O–H groups in total. The van der Waals surface area contributed by atoms with Gasteiger partial charge >= 0.3 is 5.97 Å². The lowest BCUT2D eigenvalue weighted by Crippen LogP contribution is -2.25. The normalized spacial score (nSPS) is 11.7. The fourth-order valence-corrected chi connectivity index (χ4v) is 4.55. The van der Waals surface area contributed by atoms with Gasteiger partial charge in [-0.15, -0.1) is 0 Å². The average Bonchev–Trinajstić information content (AvgIpc) is 2.91. The number of methoxy groups -OCH3 is 2. The molecule has 0 aliphatic heterocycles. The van der Waals surface area contributed by atoms with Gasteiger partial charge in [0.25, 0.3) is 5.91 Å². The van der Waals surface area contributed by atoms with Gasteiger partial charge in [-0.1, -0.05) is 52.8 Å². The number of hydrogen-bond donors (Lipinski definition) is 1. The zero-order valence-electron chi connectivity index (χ0n) is 24.2. The minimum absolute atomic E-state index is 0.0292. The Kier molecular flexibility index (Phi) is 9.93. The van der Waals surface area contributed by atoms with Crippen molar-refractivity contribution in [2.24, 2.45) is 10.5 Å². The molecule has 3 aromatic carbocycles. The third-order valence-corrected chi connectivity index (χ3v) is 6.08. The van der Waals surface area contributed by atoms with Gasteiger partial charge in [0, 0.05) is 0 Å². The topological polar surface area (TPSA) is 95.5 Å². The van der Waals surface area contributed by atoms with Gasteiger partial charge in [-0.2, -0.15) is 5.10 Å². The van der Waals surface area contributed by atoms with Crippen LogP contribution in [-0.4, -0.2) is 38.9 Å². The number of nitrogens with zero attached hydrogens (tertiary/aromatic N) is 1. The molecule has 0 atom stereocenters. The molecule has 0 spiro atoms. The Bertz CT molecular complexity index is 1340. The molecule has 3 rings (SSSR count). The van der Waals surface area contributed by atoms with Crippen molar-refractivity contribution in [2.45, 2.75) is 46.5 Å². The van der Waals surface area contributed by atoms with Crippen molar-refractivity contribution >= 4 is 18.1 Å². The first kappa shape index (κ1) is 30.2. The molecule has 0 aliphatic rings. The SMILES string of the molecule is COc1cccc(C(=O)Oc2ccc(C=NNC(=O)COc3ccc(C(C)(C)CC(C)(C)C)cc3)cc2OC)c1. The second kappa shape index (κ2) is 13.2. The van der Waals surface area contributed by atoms with Gasteiger partial charge in [-0.25, -0.2) is 10.2 Å². The van der Waals surface area contributed by atoms with E-state index >= 15 is 0 Å². The van der Waals surface area contributed by atoms with E-state index in [2.05, 4.69) is 45.1 Å². The quantitative estimate of drug-likeness (QED) is 0.134. The largest absolute Gasteiger partial charge is 0.497 e. The predicted octanol–water partition coefficient (Wildman–Crippen LogP) is 6.17. The van der Waals surface area contributed by atoms with E-state index in [4.69, 9.17) is 18.9 Å². The van der Waals surface area contributed by atoms with E-state index in [9.17, 15) is 9.59 Å². The van der Waals surface area contributed by atoms with Crippen LogP contribution >= 0.6 is 0 Å². The Morgan fingerprint density at radius 2 is 1.57 bits per heavy atom. The second-order valence-corrected chi connectivity index (χ2v) is 11.3. The van der Waals surface area contributed by atoms with Gasteiger partial charge in [0.1, 0.15) is 11.5 Å². The molecule has 40 heavy (non-hydrogen) atoms. The van der Waals surface area contributed by atoms with Crippen LogP contribution < -0.4 is 24.4 Å². The summed E-state index contributed by atoms with van der Waals surface area (Å²) in [4.78, 5) is 24.8. The maximum Gasteiger partial charge on any atom is 0.343 e. The highest BCUT2D eigenvalue weighted by atomic mass is 16.6. The number of benzene rings is 3. The van der Waals surface area contributed by atoms with Crippen LogP contribution in [0.25, 0.3) is 0 Å². The summed E-state index contributed by atoms with van der Waals surface area (Å²) in [6, 6.07) is 19.4. The van der Waals surface area contributed by atoms with Crippen LogP contribution in [0.4, 0.5) is 0 Å². The number of hydrazone groups is 1. The summed E-state index contributed by atoms with van der Waals surface area (Å²) in [6.45, 7) is 11.0. The van der Waals surface area contributed by atoms with E-state index in [1.165, 1.54) is 26.0 Å². The molecule has 3 aromatic rings. The van der Waals surface area contributed by atoms with Gasteiger partial charge in [0.15, 0.2) is 18.1 Å². The highest BCUT2D eigenvalue weighted by molar-refractivity contribution is 5.92. The fourth-order valence-electron chi connectivity index (χ4n) is 4.55. The first-order valence-electron chi connectivity index (χ1n) is 13.0. The number of esters is 1. The summed E-state index contributed by atoms with van der Waals surface area (Å²) in [7, 11) is 2.99. The molecule has 212 valence electrons. The Morgan fingerprint density at radius 1 is 0.850 bits per heavy atom. The lowest BCUT2D eigenvalue weighted by atomic mass is 9.72. The van der Waals surface area contributed by atoms with Crippen LogP contribution in [0.3, 0.4) is 0 Å². The minimum atomic E-state index is -0.547. The van der Waals surface area contributed by atoms with Crippen molar-refractivity contribution in [3.8, 4) is 23.0 Å². The molecule has 0 aliphatic carbocycles. The summed E-state index contributed by atoms with van der Waals surface area (Å²) in [6.07, 6.45) is 2.50. The van der Waals surface area contributed by atoms with Gasteiger partial charge < -0.3 is 18.9 Å². The molecule has 8 nitrogen and oxygen atoms in total. The number of carbonyl (C=O) groups is 2. The van der Waals surface area contributed by atoms with E-state index in [0.29, 0.717) is 28.4 Å². The summed E-state index contributed by atoms with van der Waals surface area (Å²) in [5, 5.41) is 3.99. The van der Waals surface area contributed by atoms with E-state index in [1.54, 1.807) is 42.5 Å². The number of amides is 1. The summed E-state index contributed by atoms with van der Waals surface area (Å²) in [5.41, 5.74) is 4.89. The second-order valence-electron chi connectivity index (χ2n) is 11.3. The first-order chi connectivity index (χ1) is 18.9. The molecule has 0 saturated heterocycles.